The fourth-order valence-corrected chi connectivity index (χ4v) is 3.46. The van der Waals surface area contributed by atoms with Crippen LogP contribution in [0.4, 0.5) is 4.39 Å². The normalized spacial score (nSPS) is 15.4. The van der Waals surface area contributed by atoms with Gasteiger partial charge in [-0.15, -0.1) is 0 Å². The zero-order chi connectivity index (χ0) is 18.8. The van der Waals surface area contributed by atoms with E-state index in [4.69, 9.17) is 10.5 Å². The van der Waals surface area contributed by atoms with Gasteiger partial charge < -0.3 is 10.5 Å². The fraction of sp³-hybridized carbons (Fsp3) is 0.0476. The lowest BCUT2D eigenvalue weighted by Crippen LogP contribution is -2.01. The number of benzene rings is 3. The van der Waals surface area contributed by atoms with Gasteiger partial charge in [-0.3, -0.25) is 4.79 Å². The molecule has 3 aromatic rings. The van der Waals surface area contributed by atoms with Crippen LogP contribution < -0.4 is 10.5 Å². The van der Waals surface area contributed by atoms with Crippen LogP contribution in [0.3, 0.4) is 0 Å². The summed E-state index contributed by atoms with van der Waals surface area (Å²) in [5.74, 6) is 0.0777. The first-order chi connectivity index (χ1) is 13.1. The third kappa shape index (κ3) is 3.85. The van der Waals surface area contributed by atoms with Crippen molar-refractivity contribution in [2.24, 2.45) is 10.7 Å². The number of fused-ring (bicyclic) bond motifs is 1. The largest absolute Gasteiger partial charge is 0.489 e. The second kappa shape index (κ2) is 7.25. The molecule has 0 saturated heterocycles. The first kappa shape index (κ1) is 17.3. The molecule has 3 aromatic carbocycles. The quantitative estimate of drug-likeness (QED) is 0.680. The average molecular weight is 378 g/mol. The van der Waals surface area contributed by atoms with Gasteiger partial charge in [0.15, 0.2) is 5.17 Å². The van der Waals surface area contributed by atoms with Gasteiger partial charge in [0.1, 0.15) is 18.2 Å². The topological polar surface area (TPSA) is 64.7 Å². The first-order valence-electron chi connectivity index (χ1n) is 8.26. The van der Waals surface area contributed by atoms with E-state index in [-0.39, 0.29) is 23.5 Å². The van der Waals surface area contributed by atoms with Crippen LogP contribution in [-0.4, -0.2) is 11.1 Å². The van der Waals surface area contributed by atoms with Gasteiger partial charge in [-0.2, -0.15) is 4.99 Å². The molecule has 0 atom stereocenters. The molecule has 0 unspecified atom stereocenters. The lowest BCUT2D eigenvalue weighted by molar-refractivity contribution is -0.113. The van der Waals surface area contributed by atoms with Gasteiger partial charge in [-0.25, -0.2) is 4.39 Å². The van der Waals surface area contributed by atoms with Crippen LogP contribution >= 0.6 is 11.8 Å². The lowest BCUT2D eigenvalue weighted by Gasteiger charge is -2.08. The number of halogens is 1. The minimum Gasteiger partial charge on any atom is -0.489 e. The highest BCUT2D eigenvalue weighted by molar-refractivity contribution is 8.18. The molecule has 1 heterocycles. The maximum Gasteiger partial charge on any atom is 0.286 e. The van der Waals surface area contributed by atoms with Crippen molar-refractivity contribution in [2.75, 3.05) is 0 Å². The molecule has 4 rings (SSSR count). The summed E-state index contributed by atoms with van der Waals surface area (Å²) in [4.78, 5) is 15.9. The summed E-state index contributed by atoms with van der Waals surface area (Å²) in [6.07, 6.45) is 1.78. The molecule has 27 heavy (non-hydrogen) atoms. The van der Waals surface area contributed by atoms with Crippen LogP contribution in [0, 0.1) is 5.82 Å². The second-order valence-electron chi connectivity index (χ2n) is 6.01. The molecule has 0 spiro atoms. The Kier molecular flexibility index (Phi) is 4.64. The number of thioether (sulfide) groups is 1. The summed E-state index contributed by atoms with van der Waals surface area (Å²) in [5, 5.41) is 2.26. The molecule has 134 valence electrons. The molecule has 1 amide bonds. The number of ether oxygens (including phenoxy) is 1. The number of nitrogens with two attached hydrogens (primary N) is 1. The van der Waals surface area contributed by atoms with Crippen molar-refractivity contribution in [2.45, 2.75) is 6.61 Å². The van der Waals surface area contributed by atoms with E-state index in [9.17, 15) is 9.18 Å². The van der Waals surface area contributed by atoms with Crippen molar-refractivity contribution < 1.29 is 13.9 Å². The summed E-state index contributed by atoms with van der Waals surface area (Å²) >= 11 is 1.17. The highest BCUT2D eigenvalue weighted by atomic mass is 32.2. The van der Waals surface area contributed by atoms with Gasteiger partial charge in [0, 0.05) is 5.56 Å². The SMILES string of the molecule is NC1=NC(=O)/C(=C/c2ccc3cc(OCc4ccccc4F)ccc3c2)S1. The minimum absolute atomic E-state index is 0.170. The van der Waals surface area contributed by atoms with E-state index in [0.29, 0.717) is 16.2 Å². The molecule has 4 nitrogen and oxygen atoms in total. The highest BCUT2D eigenvalue weighted by Gasteiger charge is 2.19. The van der Waals surface area contributed by atoms with Gasteiger partial charge in [0.2, 0.25) is 0 Å². The molecule has 2 N–H and O–H groups in total. The molecule has 0 fully saturated rings. The van der Waals surface area contributed by atoms with Crippen molar-refractivity contribution >= 4 is 39.7 Å². The predicted molar refractivity (Wildman–Crippen MR) is 107 cm³/mol. The zero-order valence-electron chi connectivity index (χ0n) is 14.2. The average Bonchev–Trinajstić information content (AvgIpc) is 2.98. The highest BCUT2D eigenvalue weighted by Crippen LogP contribution is 2.28. The number of hydrogen-bond donors (Lipinski definition) is 1. The van der Waals surface area contributed by atoms with E-state index in [1.165, 1.54) is 17.8 Å². The number of amidine groups is 1. The molecule has 0 aromatic heterocycles. The molecular weight excluding hydrogens is 363 g/mol. The number of carbonyl (C=O) groups excluding carboxylic acids is 1. The molecule has 1 aliphatic heterocycles. The lowest BCUT2D eigenvalue weighted by atomic mass is 10.1. The van der Waals surface area contributed by atoms with Gasteiger partial charge in [-0.05, 0) is 58.4 Å². The molecule has 1 aliphatic rings. The van der Waals surface area contributed by atoms with Gasteiger partial charge >= 0.3 is 0 Å². The number of rotatable bonds is 4. The van der Waals surface area contributed by atoms with Crippen molar-refractivity contribution in [3.8, 4) is 5.75 Å². The summed E-state index contributed by atoms with van der Waals surface area (Å²) in [6.45, 7) is 0.170. The monoisotopic (exact) mass is 378 g/mol. The van der Waals surface area contributed by atoms with Crippen molar-refractivity contribution in [3.05, 3.63) is 82.5 Å². The summed E-state index contributed by atoms with van der Waals surface area (Å²) in [6, 6.07) is 18.1. The zero-order valence-corrected chi connectivity index (χ0v) is 15.0. The Morgan fingerprint density at radius 2 is 1.85 bits per heavy atom. The van der Waals surface area contributed by atoms with E-state index in [0.717, 1.165) is 16.3 Å². The number of hydrogen-bond acceptors (Lipinski definition) is 4. The number of amides is 1. The van der Waals surface area contributed by atoms with Crippen LogP contribution in [-0.2, 0) is 11.4 Å². The van der Waals surface area contributed by atoms with Crippen molar-refractivity contribution in [3.63, 3.8) is 0 Å². The van der Waals surface area contributed by atoms with E-state index < -0.39 is 0 Å². The third-order valence-electron chi connectivity index (χ3n) is 4.12. The fourth-order valence-electron chi connectivity index (χ4n) is 2.78. The summed E-state index contributed by atoms with van der Waals surface area (Å²) in [7, 11) is 0. The Morgan fingerprint density at radius 1 is 1.07 bits per heavy atom. The summed E-state index contributed by atoms with van der Waals surface area (Å²) < 4.78 is 19.4. The van der Waals surface area contributed by atoms with Crippen LogP contribution in [0.5, 0.6) is 5.75 Å². The smallest absolute Gasteiger partial charge is 0.286 e. The maximum atomic E-state index is 13.7. The maximum absolute atomic E-state index is 13.7. The number of carbonyl (C=O) groups is 1. The van der Waals surface area contributed by atoms with Crippen molar-refractivity contribution in [1.29, 1.82) is 0 Å². The molecule has 0 radical (unpaired) electrons. The molecule has 0 bridgehead atoms. The Bertz CT molecular complexity index is 1110. The van der Waals surface area contributed by atoms with Gasteiger partial charge in [-0.1, -0.05) is 36.4 Å². The van der Waals surface area contributed by atoms with Gasteiger partial charge in [0.25, 0.3) is 5.91 Å². The van der Waals surface area contributed by atoms with E-state index >= 15 is 0 Å². The Hall–Kier alpha value is -3.12. The Balaban J connectivity index is 1.53. The molecule has 6 heteroatoms. The van der Waals surface area contributed by atoms with Gasteiger partial charge in [0.05, 0.1) is 4.91 Å². The van der Waals surface area contributed by atoms with E-state index in [1.807, 2.05) is 36.4 Å². The van der Waals surface area contributed by atoms with Crippen LogP contribution in [0.1, 0.15) is 11.1 Å². The Labute approximate surface area is 159 Å². The standard InChI is InChI=1S/C21H15FN2O2S/c22-18-4-2-1-3-16(18)12-26-17-8-7-14-9-13(5-6-15(14)11-17)10-19-20(25)24-21(23)27-19/h1-11H,12H2,(H2,23,24,25)/b19-10-. The molecular formula is C21H15FN2O2S. The first-order valence-corrected chi connectivity index (χ1v) is 9.08. The number of aliphatic imine (C=N–C) groups is 1. The van der Waals surface area contributed by atoms with E-state index in [2.05, 4.69) is 4.99 Å². The minimum atomic E-state index is -0.311. The molecule has 0 saturated carbocycles. The predicted octanol–water partition coefficient (Wildman–Crippen LogP) is 4.49. The van der Waals surface area contributed by atoms with Crippen LogP contribution in [0.15, 0.2) is 70.6 Å². The third-order valence-corrected chi connectivity index (χ3v) is 4.94. The van der Waals surface area contributed by atoms with E-state index in [1.54, 1.807) is 24.3 Å². The Morgan fingerprint density at radius 3 is 2.63 bits per heavy atom. The second-order valence-corrected chi connectivity index (χ2v) is 7.08. The summed E-state index contributed by atoms with van der Waals surface area (Å²) in [5.41, 5.74) is 6.98. The van der Waals surface area contributed by atoms with Crippen LogP contribution in [0.25, 0.3) is 16.8 Å². The number of nitrogens with zero attached hydrogens (tertiary/aromatic N) is 1. The van der Waals surface area contributed by atoms with Crippen molar-refractivity contribution in [1.82, 2.24) is 0 Å². The van der Waals surface area contributed by atoms with Crippen LogP contribution in [0.2, 0.25) is 0 Å². The molecule has 0 aliphatic carbocycles.